The van der Waals surface area contributed by atoms with E-state index in [2.05, 4.69) is 22.5 Å². The molecule has 4 rings (SSSR count). The number of hydrogen-bond acceptors (Lipinski definition) is 4. The lowest BCUT2D eigenvalue weighted by Gasteiger charge is -2.44. The van der Waals surface area contributed by atoms with Gasteiger partial charge in [0, 0.05) is 25.6 Å². The molecule has 6 heteroatoms. The first-order valence-corrected chi connectivity index (χ1v) is 10.3. The van der Waals surface area contributed by atoms with E-state index in [1.54, 1.807) is 0 Å². The summed E-state index contributed by atoms with van der Waals surface area (Å²) in [5, 5.41) is 6.48. The highest BCUT2D eigenvalue weighted by atomic mass is 16.2. The SMILES string of the molecule is C[C@H](CCC(=O)N1CCC2(CC1)Nc1ccccc1NC2=O)N1CCCC1. The molecule has 0 saturated carbocycles. The van der Waals surface area contributed by atoms with Crippen LogP contribution in [-0.4, -0.2) is 59.4 Å². The topological polar surface area (TPSA) is 64.7 Å². The fraction of sp³-hybridized carbons (Fsp3) is 0.619. The maximum Gasteiger partial charge on any atom is 0.250 e. The molecular formula is C21H30N4O2. The van der Waals surface area contributed by atoms with Crippen LogP contribution in [0.25, 0.3) is 0 Å². The minimum Gasteiger partial charge on any atom is -0.369 e. The van der Waals surface area contributed by atoms with Gasteiger partial charge in [-0.3, -0.25) is 9.59 Å². The van der Waals surface area contributed by atoms with Gasteiger partial charge in [0.15, 0.2) is 0 Å². The summed E-state index contributed by atoms with van der Waals surface area (Å²) in [6.45, 7) is 5.85. The Morgan fingerprint density at radius 1 is 1.11 bits per heavy atom. The summed E-state index contributed by atoms with van der Waals surface area (Å²) in [5.41, 5.74) is 1.22. The molecule has 6 nitrogen and oxygen atoms in total. The summed E-state index contributed by atoms with van der Waals surface area (Å²) in [4.78, 5) is 29.8. The van der Waals surface area contributed by atoms with Crippen LogP contribution in [0.2, 0.25) is 0 Å². The molecule has 0 unspecified atom stereocenters. The lowest BCUT2D eigenvalue weighted by molar-refractivity contribution is -0.135. The quantitative estimate of drug-likeness (QED) is 0.855. The number of anilines is 2. The van der Waals surface area contributed by atoms with E-state index in [4.69, 9.17) is 0 Å². The van der Waals surface area contributed by atoms with Gasteiger partial charge < -0.3 is 20.4 Å². The largest absolute Gasteiger partial charge is 0.369 e. The lowest BCUT2D eigenvalue weighted by atomic mass is 9.84. The predicted molar refractivity (Wildman–Crippen MR) is 107 cm³/mol. The molecule has 2 N–H and O–H groups in total. The number of hydrogen-bond donors (Lipinski definition) is 2. The highest BCUT2D eigenvalue weighted by molar-refractivity contribution is 6.06. The van der Waals surface area contributed by atoms with Gasteiger partial charge >= 0.3 is 0 Å². The van der Waals surface area contributed by atoms with Crippen molar-refractivity contribution in [2.24, 2.45) is 0 Å². The van der Waals surface area contributed by atoms with Crippen LogP contribution in [0.15, 0.2) is 24.3 Å². The molecule has 1 spiro atoms. The average molecular weight is 370 g/mol. The third-order valence-corrected chi connectivity index (χ3v) is 6.49. The van der Waals surface area contributed by atoms with E-state index in [9.17, 15) is 9.59 Å². The van der Waals surface area contributed by atoms with Crippen molar-refractivity contribution in [3.05, 3.63) is 24.3 Å². The average Bonchev–Trinajstić information content (AvgIpc) is 3.22. The molecule has 3 aliphatic heterocycles. The van der Waals surface area contributed by atoms with Gasteiger partial charge in [-0.05, 0) is 64.3 Å². The summed E-state index contributed by atoms with van der Waals surface area (Å²) in [7, 11) is 0. The Balaban J connectivity index is 1.31. The maximum atomic E-state index is 12.7. The molecule has 146 valence electrons. The zero-order chi connectivity index (χ0) is 18.9. The van der Waals surface area contributed by atoms with Crippen LogP contribution in [0.3, 0.4) is 0 Å². The highest BCUT2D eigenvalue weighted by Crippen LogP contribution is 2.36. The third kappa shape index (κ3) is 3.68. The minimum atomic E-state index is -0.589. The molecular weight excluding hydrogens is 340 g/mol. The van der Waals surface area contributed by atoms with Crippen LogP contribution in [0.1, 0.15) is 45.4 Å². The van der Waals surface area contributed by atoms with Crippen molar-refractivity contribution in [1.29, 1.82) is 0 Å². The van der Waals surface area contributed by atoms with E-state index in [0.717, 1.165) is 17.8 Å². The summed E-state index contributed by atoms with van der Waals surface area (Å²) >= 11 is 0. The molecule has 2 saturated heterocycles. The van der Waals surface area contributed by atoms with Crippen LogP contribution in [0.4, 0.5) is 11.4 Å². The van der Waals surface area contributed by atoms with Crippen LogP contribution in [0, 0.1) is 0 Å². The fourth-order valence-electron chi connectivity index (χ4n) is 4.60. The molecule has 0 aromatic heterocycles. The maximum absolute atomic E-state index is 12.7. The van der Waals surface area contributed by atoms with E-state index in [0.29, 0.717) is 38.4 Å². The summed E-state index contributed by atoms with van der Waals surface area (Å²) in [6.07, 6.45) is 5.40. The van der Waals surface area contributed by atoms with E-state index in [1.807, 2.05) is 29.2 Å². The molecule has 1 aromatic rings. The van der Waals surface area contributed by atoms with Gasteiger partial charge in [-0.2, -0.15) is 0 Å². The molecule has 3 heterocycles. The zero-order valence-electron chi connectivity index (χ0n) is 16.2. The zero-order valence-corrected chi connectivity index (χ0v) is 16.2. The number of carbonyl (C=O) groups excluding carboxylic acids is 2. The van der Waals surface area contributed by atoms with Crippen molar-refractivity contribution in [3.63, 3.8) is 0 Å². The second kappa shape index (κ2) is 7.50. The Bertz CT molecular complexity index is 706. The van der Waals surface area contributed by atoms with Crippen molar-refractivity contribution in [2.45, 2.75) is 57.0 Å². The first kappa shape index (κ1) is 18.3. The Morgan fingerprint density at radius 3 is 2.48 bits per heavy atom. The predicted octanol–water partition coefficient (Wildman–Crippen LogP) is 2.68. The first-order chi connectivity index (χ1) is 13.1. The number of piperidine rings is 1. The number of carbonyl (C=O) groups is 2. The van der Waals surface area contributed by atoms with Gasteiger partial charge in [-0.15, -0.1) is 0 Å². The summed E-state index contributed by atoms with van der Waals surface area (Å²) < 4.78 is 0. The minimum absolute atomic E-state index is 0.0240. The van der Waals surface area contributed by atoms with Crippen LogP contribution >= 0.6 is 0 Å². The van der Waals surface area contributed by atoms with Crippen LogP contribution in [-0.2, 0) is 9.59 Å². The van der Waals surface area contributed by atoms with Gasteiger partial charge in [0.2, 0.25) is 11.8 Å². The van der Waals surface area contributed by atoms with Gasteiger partial charge in [-0.1, -0.05) is 12.1 Å². The fourth-order valence-corrected chi connectivity index (χ4v) is 4.60. The standard InChI is InChI=1S/C21H30N4O2/c1-16(24-12-4-5-13-24)8-9-19(26)25-14-10-21(11-15-25)20(27)22-17-6-2-3-7-18(17)23-21/h2-3,6-7,16,23H,4-5,8-15H2,1H3,(H,22,27)/t16-/m1/s1. The van der Waals surface area contributed by atoms with Crippen molar-refractivity contribution in [2.75, 3.05) is 36.8 Å². The molecule has 0 radical (unpaired) electrons. The number of fused-ring (bicyclic) bond motifs is 1. The smallest absolute Gasteiger partial charge is 0.250 e. The molecule has 3 aliphatic rings. The summed E-state index contributed by atoms with van der Waals surface area (Å²) in [5.74, 6) is 0.253. The second-order valence-electron chi connectivity index (χ2n) is 8.22. The van der Waals surface area contributed by atoms with E-state index < -0.39 is 5.54 Å². The van der Waals surface area contributed by atoms with Gasteiger partial charge in [0.25, 0.3) is 0 Å². The first-order valence-electron chi connectivity index (χ1n) is 10.3. The highest BCUT2D eigenvalue weighted by Gasteiger charge is 2.44. The second-order valence-corrected chi connectivity index (χ2v) is 8.22. The van der Waals surface area contributed by atoms with Crippen LogP contribution in [0.5, 0.6) is 0 Å². The molecule has 0 bridgehead atoms. The number of rotatable bonds is 4. The Labute approximate surface area is 161 Å². The Hall–Kier alpha value is -2.08. The number of para-hydroxylation sites is 2. The Kier molecular flexibility index (Phi) is 5.08. The van der Waals surface area contributed by atoms with Crippen molar-refractivity contribution >= 4 is 23.2 Å². The molecule has 2 amide bonds. The normalized spacial score (nSPS) is 22.9. The van der Waals surface area contributed by atoms with Gasteiger partial charge in [0.05, 0.1) is 11.4 Å². The van der Waals surface area contributed by atoms with Crippen molar-refractivity contribution in [1.82, 2.24) is 9.80 Å². The monoisotopic (exact) mass is 370 g/mol. The lowest BCUT2D eigenvalue weighted by Crippen LogP contribution is -2.59. The molecule has 27 heavy (non-hydrogen) atoms. The number of amides is 2. The van der Waals surface area contributed by atoms with Gasteiger partial charge in [-0.25, -0.2) is 0 Å². The van der Waals surface area contributed by atoms with E-state index in [1.165, 1.54) is 25.9 Å². The molecule has 1 atom stereocenters. The molecule has 0 aliphatic carbocycles. The number of benzene rings is 1. The number of likely N-dealkylation sites (tertiary alicyclic amines) is 2. The molecule has 1 aromatic carbocycles. The van der Waals surface area contributed by atoms with Crippen molar-refractivity contribution < 1.29 is 9.59 Å². The van der Waals surface area contributed by atoms with E-state index >= 15 is 0 Å². The van der Waals surface area contributed by atoms with E-state index in [-0.39, 0.29) is 11.8 Å². The summed E-state index contributed by atoms with van der Waals surface area (Å²) in [6, 6.07) is 8.27. The molecule has 2 fully saturated rings. The third-order valence-electron chi connectivity index (χ3n) is 6.49. The van der Waals surface area contributed by atoms with Gasteiger partial charge in [0.1, 0.15) is 5.54 Å². The number of nitrogens with zero attached hydrogens (tertiary/aromatic N) is 2. The van der Waals surface area contributed by atoms with Crippen LogP contribution < -0.4 is 10.6 Å². The van der Waals surface area contributed by atoms with Crippen molar-refractivity contribution in [3.8, 4) is 0 Å². The number of nitrogens with one attached hydrogen (secondary N) is 2. The Morgan fingerprint density at radius 2 is 1.78 bits per heavy atom.